The van der Waals surface area contributed by atoms with Crippen LogP contribution in [-0.4, -0.2) is 16.9 Å². The Bertz CT molecular complexity index is 482. The molecule has 0 fully saturated rings. The standard InChI is InChI=1S/C12H13BrO4/c1-6(11(14)15)7-4-9-10(5-8(7)13)17-12(2,3)16-9/h4-6H,1-3H3,(H,14,15). The SMILES string of the molecule is CC(C(=O)O)c1cc2c(cc1Br)OC(C)(C)O2. The molecule has 0 saturated carbocycles. The quantitative estimate of drug-likeness (QED) is 0.911. The van der Waals surface area contributed by atoms with Crippen molar-refractivity contribution in [1.82, 2.24) is 0 Å². The minimum Gasteiger partial charge on any atom is -0.481 e. The summed E-state index contributed by atoms with van der Waals surface area (Å²) in [5.41, 5.74) is 0.678. The van der Waals surface area contributed by atoms with E-state index in [0.29, 0.717) is 21.5 Å². The van der Waals surface area contributed by atoms with Crippen molar-refractivity contribution in [1.29, 1.82) is 0 Å². The number of halogens is 1. The lowest BCUT2D eigenvalue weighted by molar-refractivity contribution is -0.138. The molecule has 0 aliphatic carbocycles. The first kappa shape index (κ1) is 12.2. The predicted molar refractivity (Wildman–Crippen MR) is 65.5 cm³/mol. The lowest BCUT2D eigenvalue weighted by atomic mass is 10.0. The summed E-state index contributed by atoms with van der Waals surface area (Å²) in [5, 5.41) is 9.02. The number of fused-ring (bicyclic) bond motifs is 1. The second kappa shape index (κ2) is 3.91. The average Bonchev–Trinajstić information content (AvgIpc) is 2.48. The van der Waals surface area contributed by atoms with Crippen LogP contribution in [0.5, 0.6) is 11.5 Å². The van der Waals surface area contributed by atoms with Crippen molar-refractivity contribution in [3.05, 3.63) is 22.2 Å². The summed E-state index contributed by atoms with van der Waals surface area (Å²) < 4.78 is 11.9. The molecule has 17 heavy (non-hydrogen) atoms. The summed E-state index contributed by atoms with van der Waals surface area (Å²) in [7, 11) is 0. The zero-order valence-corrected chi connectivity index (χ0v) is 11.4. The molecular formula is C12H13BrO4. The van der Waals surface area contributed by atoms with Crippen molar-refractivity contribution < 1.29 is 19.4 Å². The number of hydrogen-bond acceptors (Lipinski definition) is 3. The second-order valence-corrected chi connectivity index (χ2v) is 5.34. The third-order valence-electron chi connectivity index (χ3n) is 2.61. The molecule has 92 valence electrons. The van der Waals surface area contributed by atoms with E-state index in [1.807, 2.05) is 0 Å². The Kier molecular flexibility index (Phi) is 2.81. The molecule has 0 saturated heterocycles. The van der Waals surface area contributed by atoms with Gasteiger partial charge in [-0.3, -0.25) is 4.79 Å². The molecule has 1 N–H and O–H groups in total. The summed E-state index contributed by atoms with van der Waals surface area (Å²) in [6.07, 6.45) is 0. The average molecular weight is 301 g/mol. The molecule has 1 aliphatic rings. The molecule has 5 heteroatoms. The van der Waals surface area contributed by atoms with E-state index in [1.165, 1.54) is 0 Å². The molecule has 1 aliphatic heterocycles. The Morgan fingerprint density at radius 1 is 1.35 bits per heavy atom. The van der Waals surface area contributed by atoms with Gasteiger partial charge in [0.15, 0.2) is 11.5 Å². The number of hydrogen-bond donors (Lipinski definition) is 1. The topological polar surface area (TPSA) is 55.8 Å². The molecule has 4 nitrogen and oxygen atoms in total. The highest BCUT2D eigenvalue weighted by Crippen LogP contribution is 2.43. The van der Waals surface area contributed by atoms with Crippen molar-refractivity contribution in [2.24, 2.45) is 0 Å². The Balaban J connectivity index is 2.44. The van der Waals surface area contributed by atoms with E-state index in [4.69, 9.17) is 14.6 Å². The predicted octanol–water partition coefficient (Wildman–Crippen LogP) is 3.14. The fraction of sp³-hybridized carbons (Fsp3) is 0.417. The van der Waals surface area contributed by atoms with Crippen molar-refractivity contribution in [2.45, 2.75) is 32.5 Å². The van der Waals surface area contributed by atoms with Gasteiger partial charge in [-0.05, 0) is 24.6 Å². The maximum Gasteiger partial charge on any atom is 0.310 e. The number of carbonyl (C=O) groups is 1. The van der Waals surface area contributed by atoms with Crippen LogP contribution < -0.4 is 9.47 Å². The molecule has 0 spiro atoms. The first-order valence-corrected chi connectivity index (χ1v) is 6.04. The van der Waals surface area contributed by atoms with Crippen molar-refractivity contribution in [3.8, 4) is 11.5 Å². The van der Waals surface area contributed by atoms with Gasteiger partial charge < -0.3 is 14.6 Å². The van der Waals surface area contributed by atoms with Gasteiger partial charge in [-0.2, -0.15) is 0 Å². The summed E-state index contributed by atoms with van der Waals surface area (Å²) in [6, 6.07) is 3.46. The third-order valence-corrected chi connectivity index (χ3v) is 3.30. The molecule has 1 heterocycles. The van der Waals surface area contributed by atoms with Crippen molar-refractivity contribution in [2.75, 3.05) is 0 Å². The molecular weight excluding hydrogens is 288 g/mol. The molecule has 0 aromatic heterocycles. The summed E-state index contributed by atoms with van der Waals surface area (Å²) >= 11 is 3.36. The molecule has 1 atom stereocenters. The smallest absolute Gasteiger partial charge is 0.310 e. The normalized spacial score (nSPS) is 17.9. The zero-order valence-electron chi connectivity index (χ0n) is 9.78. The van der Waals surface area contributed by atoms with Crippen LogP contribution in [0.1, 0.15) is 32.3 Å². The van der Waals surface area contributed by atoms with Gasteiger partial charge in [0.1, 0.15) is 0 Å². The Morgan fingerprint density at radius 2 is 1.88 bits per heavy atom. The van der Waals surface area contributed by atoms with Gasteiger partial charge in [0, 0.05) is 18.3 Å². The van der Waals surface area contributed by atoms with E-state index < -0.39 is 17.7 Å². The van der Waals surface area contributed by atoms with Gasteiger partial charge in [0.25, 0.3) is 0 Å². The fourth-order valence-corrected chi connectivity index (χ4v) is 2.39. The lowest BCUT2D eigenvalue weighted by Crippen LogP contribution is -2.29. The van der Waals surface area contributed by atoms with E-state index in [-0.39, 0.29) is 0 Å². The van der Waals surface area contributed by atoms with Gasteiger partial charge in [0.2, 0.25) is 5.79 Å². The van der Waals surface area contributed by atoms with Gasteiger partial charge in [-0.15, -0.1) is 0 Å². The van der Waals surface area contributed by atoms with E-state index in [1.54, 1.807) is 32.9 Å². The number of carboxylic acid groups (broad SMARTS) is 1. The third kappa shape index (κ3) is 2.24. The van der Waals surface area contributed by atoms with Gasteiger partial charge in [-0.1, -0.05) is 15.9 Å². The molecule has 0 radical (unpaired) electrons. The van der Waals surface area contributed by atoms with Crippen LogP contribution >= 0.6 is 15.9 Å². The zero-order chi connectivity index (χ0) is 12.8. The Morgan fingerprint density at radius 3 is 2.41 bits per heavy atom. The van der Waals surface area contributed by atoms with Crippen LogP contribution in [0.25, 0.3) is 0 Å². The Hall–Kier alpha value is -1.23. The van der Waals surface area contributed by atoms with E-state index in [9.17, 15) is 4.79 Å². The summed E-state index contributed by atoms with van der Waals surface area (Å²) in [5.74, 6) is -0.956. The fourth-order valence-electron chi connectivity index (χ4n) is 1.73. The van der Waals surface area contributed by atoms with Crippen LogP contribution in [0.4, 0.5) is 0 Å². The molecule has 1 aromatic rings. The number of rotatable bonds is 2. The van der Waals surface area contributed by atoms with E-state index >= 15 is 0 Å². The maximum absolute atomic E-state index is 11.0. The molecule has 2 rings (SSSR count). The minimum absolute atomic E-state index is 0.585. The van der Waals surface area contributed by atoms with Crippen LogP contribution in [0.15, 0.2) is 16.6 Å². The van der Waals surface area contributed by atoms with Crippen molar-refractivity contribution >= 4 is 21.9 Å². The van der Waals surface area contributed by atoms with Gasteiger partial charge in [0.05, 0.1) is 5.92 Å². The van der Waals surface area contributed by atoms with Crippen LogP contribution in [0.3, 0.4) is 0 Å². The molecule has 0 bridgehead atoms. The first-order valence-electron chi connectivity index (χ1n) is 5.24. The van der Waals surface area contributed by atoms with Crippen LogP contribution in [0, 0.1) is 0 Å². The van der Waals surface area contributed by atoms with E-state index in [0.717, 1.165) is 0 Å². The summed E-state index contributed by atoms with van der Waals surface area (Å²) in [4.78, 5) is 11.0. The van der Waals surface area contributed by atoms with Gasteiger partial charge >= 0.3 is 5.97 Å². The maximum atomic E-state index is 11.0. The van der Waals surface area contributed by atoms with E-state index in [2.05, 4.69) is 15.9 Å². The number of benzene rings is 1. The highest BCUT2D eigenvalue weighted by molar-refractivity contribution is 9.10. The molecule has 1 aromatic carbocycles. The highest BCUT2D eigenvalue weighted by Gasteiger charge is 2.33. The minimum atomic E-state index is -0.871. The van der Waals surface area contributed by atoms with Crippen molar-refractivity contribution in [3.63, 3.8) is 0 Å². The number of ether oxygens (including phenoxy) is 2. The number of carboxylic acids is 1. The first-order chi connectivity index (χ1) is 7.80. The largest absolute Gasteiger partial charge is 0.481 e. The second-order valence-electron chi connectivity index (χ2n) is 4.48. The van der Waals surface area contributed by atoms with Gasteiger partial charge in [-0.25, -0.2) is 0 Å². The Labute approximate surface area is 108 Å². The lowest BCUT2D eigenvalue weighted by Gasteiger charge is -2.16. The monoisotopic (exact) mass is 300 g/mol. The highest BCUT2D eigenvalue weighted by atomic mass is 79.9. The number of aliphatic carboxylic acids is 1. The van der Waals surface area contributed by atoms with Crippen LogP contribution in [-0.2, 0) is 4.79 Å². The summed E-state index contributed by atoms with van der Waals surface area (Å²) in [6.45, 7) is 5.25. The van der Waals surface area contributed by atoms with Crippen LogP contribution in [0.2, 0.25) is 0 Å². The molecule has 1 unspecified atom stereocenters. The molecule has 0 amide bonds.